The second-order valence-corrected chi connectivity index (χ2v) is 8.92. The van der Waals surface area contributed by atoms with Crippen molar-refractivity contribution in [2.24, 2.45) is 0 Å². The van der Waals surface area contributed by atoms with Crippen LogP contribution in [0.2, 0.25) is 0 Å². The summed E-state index contributed by atoms with van der Waals surface area (Å²) in [4.78, 5) is 23.9. The molecule has 1 aliphatic heterocycles. The van der Waals surface area contributed by atoms with Crippen molar-refractivity contribution in [3.8, 4) is 11.1 Å². The molecule has 0 bridgehead atoms. The van der Waals surface area contributed by atoms with Crippen LogP contribution in [0.5, 0.6) is 0 Å². The fraction of sp³-hybridized carbons (Fsp3) is 0.250. The number of benzene rings is 3. The lowest BCUT2D eigenvalue weighted by Crippen LogP contribution is -2.36. The van der Waals surface area contributed by atoms with Crippen molar-refractivity contribution < 1.29 is 27.1 Å². The van der Waals surface area contributed by atoms with E-state index in [9.17, 15) is 22.4 Å². The normalized spacial score (nSPS) is 14.2. The summed E-state index contributed by atoms with van der Waals surface area (Å²) in [6.07, 6.45) is -3.25. The van der Waals surface area contributed by atoms with E-state index in [4.69, 9.17) is 9.72 Å². The predicted molar refractivity (Wildman–Crippen MR) is 132 cm³/mol. The third-order valence-electron chi connectivity index (χ3n) is 6.31. The summed E-state index contributed by atoms with van der Waals surface area (Å²) in [7, 11) is 0. The van der Waals surface area contributed by atoms with Gasteiger partial charge in [-0.05, 0) is 52.6 Å². The number of hydrogen-bond acceptors (Lipinski definition) is 5. The average Bonchev–Trinajstić information content (AvgIpc) is 2.89. The Morgan fingerprint density at radius 1 is 0.892 bits per heavy atom. The fourth-order valence-corrected chi connectivity index (χ4v) is 4.33. The summed E-state index contributed by atoms with van der Waals surface area (Å²) in [6.45, 7) is 2.84. The van der Waals surface area contributed by atoms with Gasteiger partial charge in [-0.15, -0.1) is 0 Å². The summed E-state index contributed by atoms with van der Waals surface area (Å²) in [5.41, 5.74) is 2.86. The Balaban J connectivity index is 1.29. The lowest BCUT2D eigenvalue weighted by Gasteiger charge is -2.27. The molecule has 0 amide bonds. The molecule has 1 aromatic heterocycles. The van der Waals surface area contributed by atoms with Crippen LogP contribution < -0.4 is 4.90 Å². The number of ketones is 1. The molecule has 0 saturated carbocycles. The molecular weight excluding hydrogens is 486 g/mol. The maximum absolute atomic E-state index is 14.0. The van der Waals surface area contributed by atoms with Crippen LogP contribution in [0, 0.1) is 5.82 Å². The van der Waals surface area contributed by atoms with Crippen LogP contribution in [-0.2, 0) is 28.5 Å². The van der Waals surface area contributed by atoms with Gasteiger partial charge in [0, 0.05) is 25.9 Å². The van der Waals surface area contributed by atoms with E-state index in [1.807, 2.05) is 30.3 Å². The number of carbonyl (C=O) groups excluding carboxylic acids is 1. The average molecular weight is 510 g/mol. The Kier molecular flexibility index (Phi) is 6.88. The minimum atomic E-state index is -4.60. The van der Waals surface area contributed by atoms with E-state index in [2.05, 4.69) is 9.88 Å². The van der Waals surface area contributed by atoms with Crippen molar-refractivity contribution in [1.29, 1.82) is 0 Å². The Labute approximate surface area is 210 Å². The minimum absolute atomic E-state index is 0.0118. The summed E-state index contributed by atoms with van der Waals surface area (Å²) in [6, 6.07) is 15.2. The molecule has 0 aliphatic carbocycles. The number of alkyl halides is 3. The van der Waals surface area contributed by atoms with Crippen molar-refractivity contribution in [1.82, 2.24) is 9.97 Å². The number of nitrogens with zero attached hydrogens (tertiary/aromatic N) is 3. The number of halogens is 4. The highest BCUT2D eigenvalue weighted by atomic mass is 19.4. The number of Topliss-reactive ketones (excluding diaryl/α,β-unsaturated/α-hetero) is 1. The topological polar surface area (TPSA) is 55.3 Å². The van der Waals surface area contributed by atoms with Gasteiger partial charge in [-0.1, -0.05) is 30.3 Å². The molecule has 5 rings (SSSR count). The Morgan fingerprint density at radius 2 is 1.62 bits per heavy atom. The zero-order valence-electron chi connectivity index (χ0n) is 19.8. The standard InChI is InChI=1S/C28H23F4N3O2/c29-24-7-6-22(28(30,31)32)14-21(24)15-23(36)13-18-1-3-19(4-2-18)20-5-8-25-26(16-20)34-27(17-33-25)35-9-11-37-12-10-35/h1-8,14,16-17H,9-13,15H2. The van der Waals surface area contributed by atoms with Crippen molar-refractivity contribution >= 4 is 22.6 Å². The largest absolute Gasteiger partial charge is 0.416 e. The second kappa shape index (κ2) is 10.3. The van der Waals surface area contributed by atoms with E-state index < -0.39 is 24.0 Å². The van der Waals surface area contributed by atoms with Gasteiger partial charge in [0.2, 0.25) is 0 Å². The Bertz CT molecular complexity index is 1430. The van der Waals surface area contributed by atoms with Gasteiger partial charge in [-0.3, -0.25) is 9.78 Å². The number of carbonyl (C=O) groups is 1. The summed E-state index contributed by atoms with van der Waals surface area (Å²) >= 11 is 0. The highest BCUT2D eigenvalue weighted by Gasteiger charge is 2.31. The first-order valence-electron chi connectivity index (χ1n) is 11.8. The molecular formula is C28H23F4N3O2. The molecule has 0 atom stereocenters. The van der Waals surface area contributed by atoms with Gasteiger partial charge in [0.05, 0.1) is 36.0 Å². The first-order valence-corrected chi connectivity index (χ1v) is 11.8. The highest BCUT2D eigenvalue weighted by molar-refractivity contribution is 5.84. The van der Waals surface area contributed by atoms with Gasteiger partial charge in [-0.25, -0.2) is 9.37 Å². The molecule has 0 N–H and O–H groups in total. The maximum Gasteiger partial charge on any atom is 0.416 e. The van der Waals surface area contributed by atoms with E-state index in [1.165, 1.54) is 0 Å². The molecule has 1 aliphatic rings. The third kappa shape index (κ3) is 5.77. The van der Waals surface area contributed by atoms with Crippen LogP contribution in [0.4, 0.5) is 23.4 Å². The van der Waals surface area contributed by atoms with Crippen LogP contribution in [-0.4, -0.2) is 42.1 Å². The quantitative estimate of drug-likeness (QED) is 0.315. The number of hydrogen-bond donors (Lipinski definition) is 0. The monoisotopic (exact) mass is 509 g/mol. The number of anilines is 1. The minimum Gasteiger partial charge on any atom is -0.378 e. The van der Waals surface area contributed by atoms with Gasteiger partial charge in [0.15, 0.2) is 0 Å². The molecule has 9 heteroatoms. The van der Waals surface area contributed by atoms with E-state index in [0.29, 0.717) is 30.9 Å². The van der Waals surface area contributed by atoms with Crippen molar-refractivity contribution in [2.45, 2.75) is 19.0 Å². The van der Waals surface area contributed by atoms with Gasteiger partial charge < -0.3 is 9.64 Å². The van der Waals surface area contributed by atoms with E-state index in [0.717, 1.165) is 47.1 Å². The zero-order valence-corrected chi connectivity index (χ0v) is 19.8. The number of morpholine rings is 1. The van der Waals surface area contributed by atoms with E-state index >= 15 is 0 Å². The smallest absolute Gasteiger partial charge is 0.378 e. The van der Waals surface area contributed by atoms with Gasteiger partial charge >= 0.3 is 6.18 Å². The molecule has 0 unspecified atom stereocenters. The molecule has 4 aromatic rings. The summed E-state index contributed by atoms with van der Waals surface area (Å²) in [5.74, 6) is -0.394. The maximum atomic E-state index is 14.0. The van der Waals surface area contributed by atoms with Crippen molar-refractivity contribution in [2.75, 3.05) is 31.2 Å². The molecule has 1 fully saturated rings. The van der Waals surface area contributed by atoms with Gasteiger partial charge in [-0.2, -0.15) is 13.2 Å². The predicted octanol–water partition coefficient (Wildman–Crippen LogP) is 5.65. The second-order valence-electron chi connectivity index (χ2n) is 8.92. The van der Waals surface area contributed by atoms with E-state index in [1.54, 1.807) is 18.3 Å². The Hall–Kier alpha value is -3.85. The Morgan fingerprint density at radius 3 is 2.35 bits per heavy atom. The third-order valence-corrected chi connectivity index (χ3v) is 6.31. The van der Waals surface area contributed by atoms with Crippen LogP contribution >= 0.6 is 0 Å². The fourth-order valence-electron chi connectivity index (χ4n) is 4.33. The molecule has 190 valence electrons. The van der Waals surface area contributed by atoms with Crippen LogP contribution in [0.25, 0.3) is 22.2 Å². The highest BCUT2D eigenvalue weighted by Crippen LogP contribution is 2.31. The molecule has 5 nitrogen and oxygen atoms in total. The lowest BCUT2D eigenvalue weighted by molar-refractivity contribution is -0.137. The number of rotatable bonds is 6. The van der Waals surface area contributed by atoms with Gasteiger partial charge in [0.1, 0.15) is 17.4 Å². The summed E-state index contributed by atoms with van der Waals surface area (Å²) in [5, 5.41) is 0. The number of ether oxygens (including phenoxy) is 1. The lowest BCUT2D eigenvalue weighted by atomic mass is 9.98. The molecule has 37 heavy (non-hydrogen) atoms. The molecule has 3 aromatic carbocycles. The molecule has 0 radical (unpaired) electrons. The van der Waals surface area contributed by atoms with Crippen LogP contribution in [0.15, 0.2) is 66.9 Å². The molecule has 0 spiro atoms. The van der Waals surface area contributed by atoms with Crippen molar-refractivity contribution in [3.63, 3.8) is 0 Å². The summed E-state index contributed by atoms with van der Waals surface area (Å²) < 4.78 is 58.2. The number of aromatic nitrogens is 2. The van der Waals surface area contributed by atoms with E-state index in [-0.39, 0.29) is 17.8 Å². The van der Waals surface area contributed by atoms with Gasteiger partial charge in [0.25, 0.3) is 0 Å². The SMILES string of the molecule is O=C(Cc1ccc(-c2ccc3ncc(N4CCOCC4)nc3c2)cc1)Cc1cc(C(F)(F)F)ccc1F. The molecule has 1 saturated heterocycles. The number of fused-ring (bicyclic) bond motifs is 1. The van der Waals surface area contributed by atoms with Crippen LogP contribution in [0.3, 0.4) is 0 Å². The molecule has 2 heterocycles. The van der Waals surface area contributed by atoms with Crippen LogP contribution in [0.1, 0.15) is 16.7 Å². The first-order chi connectivity index (χ1) is 17.8. The van der Waals surface area contributed by atoms with Crippen molar-refractivity contribution in [3.05, 3.63) is 89.4 Å². The first kappa shape index (κ1) is 24.8. The zero-order chi connectivity index (χ0) is 26.0.